The van der Waals surface area contributed by atoms with E-state index in [1.54, 1.807) is 30.5 Å². The first-order valence-electron chi connectivity index (χ1n) is 9.39. The fourth-order valence-electron chi connectivity index (χ4n) is 2.67. The molecule has 2 aromatic carbocycles. The summed E-state index contributed by atoms with van der Waals surface area (Å²) in [6.45, 7) is 0.0378. The Morgan fingerprint density at radius 3 is 2.09 bits per heavy atom. The van der Waals surface area contributed by atoms with Crippen LogP contribution in [-0.2, 0) is 22.6 Å². The third-order valence-electron chi connectivity index (χ3n) is 4.26. The van der Waals surface area contributed by atoms with Crippen LogP contribution in [0.5, 0.6) is 0 Å². The molecule has 1 aromatic heterocycles. The molecule has 0 aliphatic rings. The van der Waals surface area contributed by atoms with Crippen LogP contribution in [0.3, 0.4) is 0 Å². The van der Waals surface area contributed by atoms with Gasteiger partial charge in [-0.15, -0.1) is 11.3 Å². The highest BCUT2D eigenvalue weighted by atomic mass is 32.2. The van der Waals surface area contributed by atoms with E-state index < -0.39 is 33.8 Å². The van der Waals surface area contributed by atoms with Crippen LogP contribution in [0.25, 0.3) is 10.4 Å². The molecule has 0 aliphatic heterocycles. The van der Waals surface area contributed by atoms with Crippen molar-refractivity contribution in [2.24, 2.45) is 0 Å². The average Bonchev–Trinajstić information content (AvgIpc) is 3.23. The maximum absolute atomic E-state index is 12.6. The van der Waals surface area contributed by atoms with Crippen LogP contribution in [0.15, 0.2) is 54.7 Å². The Kier molecular flexibility index (Phi) is 7.66. The lowest BCUT2D eigenvalue weighted by molar-refractivity contribution is -0.137. The number of alkyl halides is 4. The first-order chi connectivity index (χ1) is 15.6. The highest BCUT2D eigenvalue weighted by Crippen LogP contribution is 2.30. The molecule has 2 amide bonds. The number of thiazole rings is 1. The van der Waals surface area contributed by atoms with Crippen LogP contribution in [0.4, 0.5) is 33.7 Å². The van der Waals surface area contributed by atoms with E-state index in [9.17, 15) is 30.8 Å². The minimum absolute atomic E-state index is 0.0378. The fourth-order valence-corrected chi connectivity index (χ4v) is 4.08. The van der Waals surface area contributed by atoms with Gasteiger partial charge in [0.25, 0.3) is 0 Å². The second-order valence-corrected chi connectivity index (χ2v) is 9.57. The van der Waals surface area contributed by atoms with Crippen LogP contribution >= 0.6 is 11.3 Å². The minimum Gasteiger partial charge on any atom is -0.308 e. The highest BCUT2D eigenvalue weighted by molar-refractivity contribution is 7.89. The molecule has 0 unspecified atom stereocenters. The average molecular weight is 503 g/mol. The van der Waals surface area contributed by atoms with E-state index in [-0.39, 0.29) is 12.2 Å². The smallest absolute Gasteiger partial charge is 0.308 e. The Labute approximate surface area is 190 Å². The number of anilines is 2. The Bertz CT molecular complexity index is 1200. The van der Waals surface area contributed by atoms with Crippen molar-refractivity contribution in [1.82, 2.24) is 9.71 Å². The molecule has 1 heterocycles. The van der Waals surface area contributed by atoms with Crippen LogP contribution in [0.2, 0.25) is 0 Å². The van der Waals surface area contributed by atoms with E-state index in [1.807, 2.05) is 0 Å². The van der Waals surface area contributed by atoms with Crippen molar-refractivity contribution in [1.29, 1.82) is 0 Å². The highest BCUT2D eigenvalue weighted by Gasteiger charge is 2.30. The molecule has 0 saturated carbocycles. The lowest BCUT2D eigenvalue weighted by Crippen LogP contribution is -2.26. The number of sulfonamides is 1. The minimum atomic E-state index is -4.45. The van der Waals surface area contributed by atoms with Crippen LogP contribution in [0.1, 0.15) is 10.6 Å². The van der Waals surface area contributed by atoms with Crippen molar-refractivity contribution in [3.05, 3.63) is 65.3 Å². The number of hydrogen-bond donors (Lipinski definition) is 3. The van der Waals surface area contributed by atoms with E-state index >= 15 is 0 Å². The normalized spacial score (nSPS) is 11.9. The number of rotatable bonds is 8. The molecule has 7 nitrogen and oxygen atoms in total. The van der Waals surface area contributed by atoms with Gasteiger partial charge in [-0.25, -0.2) is 27.3 Å². The van der Waals surface area contributed by atoms with E-state index in [0.29, 0.717) is 17.1 Å². The number of nitrogens with zero attached hydrogens (tertiary/aromatic N) is 1. The number of carbonyl (C=O) groups excluding carboxylic acids is 1. The second kappa shape index (κ2) is 10.3. The maximum Gasteiger partial charge on any atom is 0.416 e. The van der Waals surface area contributed by atoms with Gasteiger partial charge in [0.1, 0.15) is 0 Å². The van der Waals surface area contributed by atoms with Gasteiger partial charge in [-0.2, -0.15) is 13.2 Å². The van der Waals surface area contributed by atoms with Crippen molar-refractivity contribution in [3.8, 4) is 10.4 Å². The molecule has 0 bridgehead atoms. The predicted octanol–water partition coefficient (Wildman–Crippen LogP) is 4.86. The SMILES string of the molecule is O=C(Nc1ccc(-c2cnc(CCNS(=O)(=O)CF)s2)cc1)Nc1ccc(C(F)(F)F)cc1. The molecule has 3 aromatic rings. The summed E-state index contributed by atoms with van der Waals surface area (Å²) in [5, 5.41) is 5.71. The van der Waals surface area contributed by atoms with Crippen LogP contribution in [-0.4, -0.2) is 32.0 Å². The van der Waals surface area contributed by atoms with Crippen molar-refractivity contribution in [3.63, 3.8) is 0 Å². The van der Waals surface area contributed by atoms with Crippen molar-refractivity contribution in [2.75, 3.05) is 23.2 Å². The summed E-state index contributed by atoms with van der Waals surface area (Å²) in [5.74, 6) is 0. The second-order valence-electron chi connectivity index (χ2n) is 6.72. The summed E-state index contributed by atoms with van der Waals surface area (Å²) in [5.41, 5.74) is 0.685. The molecule has 0 aliphatic carbocycles. The lowest BCUT2D eigenvalue weighted by Gasteiger charge is -2.10. The number of urea groups is 1. The van der Waals surface area contributed by atoms with Crippen molar-refractivity contribution < 1.29 is 30.8 Å². The van der Waals surface area contributed by atoms with Crippen LogP contribution < -0.4 is 15.4 Å². The van der Waals surface area contributed by atoms with Gasteiger partial charge in [-0.3, -0.25) is 0 Å². The number of halogens is 4. The molecule has 3 rings (SSSR count). The summed E-state index contributed by atoms with van der Waals surface area (Å²) in [6, 6.07) is 8.79. The fraction of sp³-hybridized carbons (Fsp3) is 0.200. The van der Waals surface area contributed by atoms with Crippen molar-refractivity contribution >= 4 is 38.8 Å². The molecular weight excluding hydrogens is 484 g/mol. The summed E-state index contributed by atoms with van der Waals surface area (Å²) in [7, 11) is -3.90. The van der Waals surface area contributed by atoms with E-state index in [0.717, 1.165) is 34.7 Å². The monoisotopic (exact) mass is 502 g/mol. The Balaban J connectivity index is 1.54. The molecule has 0 spiro atoms. The topological polar surface area (TPSA) is 100 Å². The Morgan fingerprint density at radius 1 is 0.970 bits per heavy atom. The van der Waals surface area contributed by atoms with Crippen molar-refractivity contribution in [2.45, 2.75) is 12.6 Å². The van der Waals surface area contributed by atoms with E-state index in [2.05, 4.69) is 20.3 Å². The summed E-state index contributed by atoms with van der Waals surface area (Å²) in [6.07, 6.45) is -2.51. The molecular formula is C20H18F4N4O3S2. The van der Waals surface area contributed by atoms with Gasteiger partial charge in [0.05, 0.1) is 15.4 Å². The van der Waals surface area contributed by atoms with Gasteiger partial charge in [0.2, 0.25) is 16.0 Å². The molecule has 0 atom stereocenters. The quantitative estimate of drug-likeness (QED) is 0.383. The third kappa shape index (κ3) is 7.23. The molecule has 3 N–H and O–H groups in total. The number of benzene rings is 2. The van der Waals surface area contributed by atoms with Gasteiger partial charge in [-0.05, 0) is 42.0 Å². The standard InChI is InChI=1S/C20H18F4N4O3S2/c21-12-33(30,31)26-10-9-18-25-11-17(32-18)13-1-5-15(6-2-13)27-19(29)28-16-7-3-14(4-8-16)20(22,23)24/h1-8,11,26H,9-10,12H2,(H2,27,28,29). The largest absolute Gasteiger partial charge is 0.416 e. The summed E-state index contributed by atoms with van der Waals surface area (Å²) < 4.78 is 74.4. The van der Waals surface area contributed by atoms with E-state index in [4.69, 9.17) is 0 Å². The molecule has 0 fully saturated rings. The summed E-state index contributed by atoms with van der Waals surface area (Å²) in [4.78, 5) is 17.1. The maximum atomic E-state index is 12.6. The number of nitrogens with one attached hydrogen (secondary N) is 3. The predicted molar refractivity (Wildman–Crippen MR) is 118 cm³/mol. The van der Waals surface area contributed by atoms with Crippen LogP contribution in [0, 0.1) is 0 Å². The molecule has 176 valence electrons. The van der Waals surface area contributed by atoms with Gasteiger partial charge in [0.15, 0.2) is 0 Å². The number of aromatic nitrogens is 1. The third-order valence-corrected chi connectivity index (χ3v) is 6.29. The lowest BCUT2D eigenvalue weighted by atomic mass is 10.2. The zero-order valence-corrected chi connectivity index (χ0v) is 18.5. The molecule has 0 saturated heterocycles. The molecule has 0 radical (unpaired) electrons. The summed E-state index contributed by atoms with van der Waals surface area (Å²) >= 11 is 1.35. The number of amides is 2. The van der Waals surface area contributed by atoms with Gasteiger partial charge < -0.3 is 10.6 Å². The number of carbonyl (C=O) groups is 1. The first-order valence-corrected chi connectivity index (χ1v) is 11.9. The Morgan fingerprint density at radius 2 is 1.55 bits per heavy atom. The molecule has 33 heavy (non-hydrogen) atoms. The zero-order chi connectivity index (χ0) is 24.1. The van der Waals surface area contributed by atoms with Gasteiger partial charge >= 0.3 is 12.2 Å². The first kappa shape index (κ1) is 24.6. The zero-order valence-electron chi connectivity index (χ0n) is 16.8. The van der Waals surface area contributed by atoms with Gasteiger partial charge in [-0.1, -0.05) is 12.1 Å². The molecule has 13 heteroatoms. The number of hydrogen-bond acceptors (Lipinski definition) is 5. The van der Waals surface area contributed by atoms with E-state index in [1.165, 1.54) is 11.3 Å². The van der Waals surface area contributed by atoms with Gasteiger partial charge in [0, 0.05) is 30.5 Å². The Hall–Kier alpha value is -3.03.